The molecule has 7 aromatic rings. The molecule has 0 amide bonds. The highest BCUT2D eigenvalue weighted by Gasteiger charge is 2.52. The Morgan fingerprint density at radius 2 is 0.849 bits per heavy atom. The lowest BCUT2D eigenvalue weighted by Gasteiger charge is -2.10. The zero-order valence-corrected chi connectivity index (χ0v) is 47.4. The Hall–Kier alpha value is -10.1. The molecule has 7 heterocycles. The molecule has 444 valence electrons. The third kappa shape index (κ3) is 14.1. The van der Waals surface area contributed by atoms with Crippen LogP contribution < -0.4 is 66.3 Å². The number of hydrogen-bond donors (Lipinski definition) is 2. The molecule has 0 spiro atoms. The Labute approximate surface area is 498 Å². The maximum atomic E-state index is 11.1. The van der Waals surface area contributed by atoms with Gasteiger partial charge in [0.05, 0.1) is 48.7 Å². The standard InChI is InChI=1S/C11H9NO2.C11H10O4.C9H7NO2.C9H8O4.C8H7ClO2.C8H8O3.C8H8O2/c12-6-11(3-4-11)8-1-2-9-10(5-8)14-7-13-9;12-10(13)11(3-4-11)7-1-2-8-9(5-7)15-6-14-8;10-4-3-7-1-2-8-9(5-7)12-6-11-8;1-11-9(10)6-2-3-7-8(4-6)13-5-12-7;2*9-4-6-1-2-7-8(3-6)11-5-10-7;1-6-2-3-7-8(4-6)10-5-9-7/h1-2,5H,3-4,7H2;1-2,5H,3-4,6H2,(H,12,13);1-2,5H,3,6H2;2-4H,5H2,1H3;1-3H,4-5H2;1-3,9H,4-5H2;2-4H,5H2,1H3. The first-order valence-electron chi connectivity index (χ1n) is 26.9. The lowest BCUT2D eigenvalue weighted by Crippen LogP contribution is -2.19. The van der Waals surface area contributed by atoms with E-state index in [0.29, 0.717) is 74.1 Å². The van der Waals surface area contributed by atoms with E-state index >= 15 is 0 Å². The largest absolute Gasteiger partial charge is 0.481 e. The Balaban J connectivity index is 0.000000112. The van der Waals surface area contributed by atoms with Gasteiger partial charge in [-0.3, -0.25) is 4.79 Å². The van der Waals surface area contributed by atoms with Crippen molar-refractivity contribution in [3.63, 3.8) is 0 Å². The molecule has 0 bridgehead atoms. The Bertz CT molecular complexity index is 3630. The highest BCUT2D eigenvalue weighted by atomic mass is 35.5. The fourth-order valence-corrected chi connectivity index (χ4v) is 9.25. The number of carbonyl (C=O) groups excluding carboxylic acids is 1. The van der Waals surface area contributed by atoms with Crippen molar-refractivity contribution in [2.24, 2.45) is 0 Å². The topological polar surface area (TPSA) is 261 Å². The van der Waals surface area contributed by atoms with Gasteiger partial charge in [0.25, 0.3) is 0 Å². The maximum absolute atomic E-state index is 11.1. The van der Waals surface area contributed by atoms with E-state index in [2.05, 4.69) is 16.9 Å². The van der Waals surface area contributed by atoms with E-state index in [1.165, 1.54) is 12.7 Å². The number of carboxylic acids is 1. The van der Waals surface area contributed by atoms with E-state index in [4.69, 9.17) is 98.7 Å². The number of carbonyl (C=O) groups is 2. The number of halogens is 1. The molecule has 0 aromatic heterocycles. The minimum Gasteiger partial charge on any atom is -0.481 e. The summed E-state index contributed by atoms with van der Waals surface area (Å²) in [6.45, 7) is 4.03. The number of nitriles is 2. The first-order valence-corrected chi connectivity index (χ1v) is 27.5. The summed E-state index contributed by atoms with van der Waals surface area (Å²) in [6, 6.07) is 43.1. The van der Waals surface area contributed by atoms with Crippen molar-refractivity contribution in [2.45, 2.75) is 62.3 Å². The van der Waals surface area contributed by atoms with E-state index in [9.17, 15) is 9.59 Å². The number of methoxy groups -OCH3 is 1. The molecular weight excluding hydrogens is 1140 g/mol. The second-order valence-electron chi connectivity index (χ2n) is 19.8. The molecule has 22 heteroatoms. The second-order valence-corrected chi connectivity index (χ2v) is 20.1. The molecule has 7 aromatic carbocycles. The molecule has 2 aliphatic carbocycles. The van der Waals surface area contributed by atoms with Gasteiger partial charge in [0.15, 0.2) is 80.5 Å². The predicted molar refractivity (Wildman–Crippen MR) is 304 cm³/mol. The molecular formula is C64H57ClN2O19. The van der Waals surface area contributed by atoms with Crippen LogP contribution in [0.3, 0.4) is 0 Å². The van der Waals surface area contributed by atoms with Crippen molar-refractivity contribution in [3.8, 4) is 92.6 Å². The number of alkyl halides is 1. The fourth-order valence-electron chi connectivity index (χ4n) is 9.08. The molecule has 2 fully saturated rings. The van der Waals surface area contributed by atoms with Crippen molar-refractivity contribution < 1.29 is 90.9 Å². The van der Waals surface area contributed by atoms with Crippen molar-refractivity contribution in [1.29, 1.82) is 10.5 Å². The number of nitrogens with zero attached hydrogens (tertiary/aromatic N) is 2. The zero-order chi connectivity index (χ0) is 60.0. The smallest absolute Gasteiger partial charge is 0.337 e. The van der Waals surface area contributed by atoms with Crippen LogP contribution in [0.5, 0.6) is 80.5 Å². The normalized spacial score (nSPS) is 15.5. The van der Waals surface area contributed by atoms with Crippen molar-refractivity contribution in [1.82, 2.24) is 0 Å². The monoisotopic (exact) mass is 1190 g/mol. The minimum absolute atomic E-state index is 0.0383. The number of ether oxygens (including phenoxy) is 15. The lowest BCUT2D eigenvalue weighted by molar-refractivity contribution is -0.140. The number of aliphatic hydroxyl groups excluding tert-OH is 1. The van der Waals surface area contributed by atoms with E-state index in [1.54, 1.807) is 42.5 Å². The molecule has 2 saturated carbocycles. The number of esters is 1. The summed E-state index contributed by atoms with van der Waals surface area (Å²) in [6.07, 6.45) is 3.76. The summed E-state index contributed by atoms with van der Waals surface area (Å²) in [5.41, 5.74) is 5.49. The van der Waals surface area contributed by atoms with Crippen LogP contribution in [0.2, 0.25) is 0 Å². The number of carboxylic acid groups (broad SMARTS) is 1. The van der Waals surface area contributed by atoms with Gasteiger partial charge in [0, 0.05) is 5.88 Å². The van der Waals surface area contributed by atoms with Crippen LogP contribution >= 0.6 is 11.6 Å². The van der Waals surface area contributed by atoms with Crippen LogP contribution in [0.1, 0.15) is 69.4 Å². The minimum atomic E-state index is -0.749. The van der Waals surface area contributed by atoms with E-state index in [-0.39, 0.29) is 45.2 Å². The Morgan fingerprint density at radius 3 is 1.28 bits per heavy atom. The first-order chi connectivity index (χ1) is 41.9. The van der Waals surface area contributed by atoms with Crippen LogP contribution in [0.25, 0.3) is 0 Å². The van der Waals surface area contributed by atoms with Crippen molar-refractivity contribution in [3.05, 3.63) is 166 Å². The van der Waals surface area contributed by atoms with Crippen molar-refractivity contribution >= 4 is 23.5 Å². The van der Waals surface area contributed by atoms with Gasteiger partial charge >= 0.3 is 11.9 Å². The van der Waals surface area contributed by atoms with Crippen LogP contribution in [-0.4, -0.2) is 76.8 Å². The summed E-state index contributed by atoms with van der Waals surface area (Å²) in [7, 11) is 1.34. The van der Waals surface area contributed by atoms with Gasteiger partial charge in [0.2, 0.25) is 47.6 Å². The average Bonchev–Trinajstić information content (AvgIpc) is 2.66. The van der Waals surface area contributed by atoms with Gasteiger partial charge < -0.3 is 81.3 Å². The van der Waals surface area contributed by atoms with Crippen LogP contribution in [0, 0.1) is 29.6 Å². The van der Waals surface area contributed by atoms with Crippen LogP contribution in [0.4, 0.5) is 0 Å². The van der Waals surface area contributed by atoms with Crippen LogP contribution in [-0.2, 0) is 39.3 Å². The number of rotatable bonds is 7. The molecule has 2 N–H and O–H groups in total. The molecule has 0 radical (unpaired) electrons. The summed E-state index contributed by atoms with van der Waals surface area (Å²) in [5, 5.41) is 35.4. The number of aliphatic carboxylic acids is 1. The quantitative estimate of drug-likeness (QED) is 0.111. The van der Waals surface area contributed by atoms with Gasteiger partial charge in [0.1, 0.15) is 0 Å². The molecule has 9 aliphatic rings. The van der Waals surface area contributed by atoms with E-state index in [0.717, 1.165) is 98.2 Å². The average molecular weight is 1190 g/mol. The Morgan fingerprint density at radius 1 is 0.477 bits per heavy atom. The highest BCUT2D eigenvalue weighted by Crippen LogP contribution is 2.51. The van der Waals surface area contributed by atoms with E-state index < -0.39 is 11.4 Å². The predicted octanol–water partition coefficient (Wildman–Crippen LogP) is 11.0. The first kappa shape index (κ1) is 59.1. The van der Waals surface area contributed by atoms with Crippen LogP contribution in [0.15, 0.2) is 127 Å². The van der Waals surface area contributed by atoms with Gasteiger partial charge in [-0.15, -0.1) is 11.6 Å². The van der Waals surface area contributed by atoms with E-state index in [1.807, 2.05) is 91.9 Å². The molecule has 16 rings (SSSR count). The number of fused-ring (bicyclic) bond motifs is 7. The molecule has 0 saturated heterocycles. The van der Waals surface area contributed by atoms with Gasteiger partial charge in [-0.2, -0.15) is 10.5 Å². The number of benzene rings is 7. The van der Waals surface area contributed by atoms with Gasteiger partial charge in [-0.05, 0) is 157 Å². The summed E-state index contributed by atoms with van der Waals surface area (Å²) in [4.78, 5) is 22.2. The zero-order valence-electron chi connectivity index (χ0n) is 46.6. The molecule has 0 unspecified atom stereocenters. The molecule has 21 nitrogen and oxygen atoms in total. The fraction of sp³-hybridized carbons (Fsp3) is 0.281. The Kier molecular flexibility index (Phi) is 18.6. The summed E-state index contributed by atoms with van der Waals surface area (Å²) >= 11 is 5.63. The number of aryl methyl sites for hydroxylation is 1. The third-order valence-corrected chi connectivity index (χ3v) is 14.5. The summed E-state index contributed by atoms with van der Waals surface area (Å²) < 4.78 is 76.7. The third-order valence-electron chi connectivity index (χ3n) is 14.2. The number of hydrogen-bond acceptors (Lipinski definition) is 20. The van der Waals surface area contributed by atoms with Gasteiger partial charge in [-0.25, -0.2) is 4.79 Å². The molecule has 7 aliphatic heterocycles. The maximum Gasteiger partial charge on any atom is 0.337 e. The highest BCUT2D eigenvalue weighted by molar-refractivity contribution is 6.17. The number of aliphatic hydroxyl groups is 1. The van der Waals surface area contributed by atoms with Gasteiger partial charge in [-0.1, -0.05) is 36.4 Å². The lowest BCUT2D eigenvalue weighted by atomic mass is 9.96. The second kappa shape index (κ2) is 27.1. The summed E-state index contributed by atoms with van der Waals surface area (Å²) in [5.74, 6) is 9.81. The molecule has 86 heavy (non-hydrogen) atoms. The SMILES string of the molecule is COC(=O)c1ccc2c(c1)OCO2.Cc1ccc2c(c1)OCO2.ClCc1ccc2c(c1)OCO2.N#CC1(c2ccc3c(c2)OCO3)CC1.N#CCc1ccc2c(c1)OCO2.O=C(O)C1(c2ccc3c(c2)OCO3)CC1.OCc1ccc2c(c1)OCO2. The van der Waals surface area contributed by atoms with Crippen molar-refractivity contribution in [2.75, 3.05) is 54.7 Å². The molecule has 0 atom stereocenters.